The Morgan fingerprint density at radius 2 is 1.75 bits per heavy atom. The van der Waals surface area contributed by atoms with Crippen LogP contribution < -0.4 is 15.0 Å². The fraction of sp³-hybridized carbons (Fsp3) is 0.296. The minimum absolute atomic E-state index is 0.0285. The molecule has 0 unspecified atom stereocenters. The number of ether oxygens (including phenoxy) is 1. The lowest BCUT2D eigenvalue weighted by molar-refractivity contribution is -0.130. The number of hydrogen-bond donors (Lipinski definition) is 1. The van der Waals surface area contributed by atoms with E-state index in [9.17, 15) is 4.79 Å². The number of hydrogen-bond acceptors (Lipinski definition) is 7. The van der Waals surface area contributed by atoms with Crippen LogP contribution in [0.15, 0.2) is 66.9 Å². The fourth-order valence-electron chi connectivity index (χ4n) is 4.18. The minimum atomic E-state index is -0.0997. The highest BCUT2D eigenvalue weighted by Gasteiger charge is 2.15. The monoisotopic (exact) mass is 485 g/mol. The molecule has 9 heteroatoms. The molecular weight excluding hydrogens is 454 g/mol. The first-order valence-electron chi connectivity index (χ1n) is 12.1. The summed E-state index contributed by atoms with van der Waals surface area (Å²) in [5, 5.41) is 8.06. The van der Waals surface area contributed by atoms with Crippen LogP contribution in [-0.2, 0) is 4.79 Å². The number of carbonyl (C=O) groups is 1. The molecule has 0 saturated carbocycles. The highest BCUT2D eigenvalue weighted by molar-refractivity contribution is 5.78. The van der Waals surface area contributed by atoms with Crippen molar-refractivity contribution >= 4 is 28.7 Å². The highest BCUT2D eigenvalue weighted by atomic mass is 16.5. The zero-order valence-electron chi connectivity index (χ0n) is 20.9. The number of carbonyl (C=O) groups excluding carboxylic acids is 1. The molecule has 36 heavy (non-hydrogen) atoms. The molecule has 1 N–H and O–H groups in total. The third kappa shape index (κ3) is 5.11. The van der Waals surface area contributed by atoms with Gasteiger partial charge in [-0.2, -0.15) is 0 Å². The first kappa shape index (κ1) is 23.6. The first-order chi connectivity index (χ1) is 17.5. The molecule has 2 aromatic carbocycles. The number of anilines is 3. The Balaban J connectivity index is 1.36. The molecule has 2 aromatic heterocycles. The molecule has 186 valence electrons. The van der Waals surface area contributed by atoms with E-state index in [4.69, 9.17) is 9.84 Å². The number of benzene rings is 2. The minimum Gasteiger partial charge on any atom is -0.483 e. The quantitative estimate of drug-likeness (QED) is 0.430. The van der Waals surface area contributed by atoms with E-state index in [0.717, 1.165) is 48.6 Å². The predicted molar refractivity (Wildman–Crippen MR) is 142 cm³/mol. The lowest BCUT2D eigenvalue weighted by Gasteiger charge is -2.34. The number of nitrogens with zero attached hydrogens (tertiary/aromatic N) is 6. The van der Waals surface area contributed by atoms with Crippen molar-refractivity contribution in [2.24, 2.45) is 0 Å². The summed E-state index contributed by atoms with van der Waals surface area (Å²) in [4.78, 5) is 22.8. The van der Waals surface area contributed by atoms with Crippen molar-refractivity contribution in [2.45, 2.75) is 0 Å². The SMILES string of the molecule is CN1CCN(c2ccc(Nc3ncc4ccc(-c5ccccc5OCC(=O)N(C)C)n4n3)cc2)CC1. The maximum absolute atomic E-state index is 12.0. The van der Waals surface area contributed by atoms with Crippen LogP contribution >= 0.6 is 0 Å². The second-order valence-corrected chi connectivity index (χ2v) is 9.17. The van der Waals surface area contributed by atoms with Crippen LogP contribution in [-0.4, -0.2) is 84.2 Å². The van der Waals surface area contributed by atoms with Crippen molar-refractivity contribution in [2.75, 3.05) is 64.1 Å². The average Bonchev–Trinajstić information content (AvgIpc) is 3.31. The van der Waals surface area contributed by atoms with Crippen molar-refractivity contribution < 1.29 is 9.53 Å². The van der Waals surface area contributed by atoms with Crippen LogP contribution in [0.5, 0.6) is 5.75 Å². The maximum Gasteiger partial charge on any atom is 0.259 e. The van der Waals surface area contributed by atoms with Gasteiger partial charge in [-0.25, -0.2) is 9.50 Å². The van der Waals surface area contributed by atoms with Crippen LogP contribution in [0, 0.1) is 0 Å². The van der Waals surface area contributed by atoms with E-state index < -0.39 is 0 Å². The average molecular weight is 486 g/mol. The van der Waals surface area contributed by atoms with Gasteiger partial charge in [-0.1, -0.05) is 12.1 Å². The summed E-state index contributed by atoms with van der Waals surface area (Å²) in [5.41, 5.74) is 4.72. The van der Waals surface area contributed by atoms with Gasteiger partial charge >= 0.3 is 0 Å². The van der Waals surface area contributed by atoms with Gasteiger partial charge in [-0.3, -0.25) is 4.79 Å². The molecule has 1 amide bonds. The molecule has 1 aliphatic heterocycles. The van der Waals surface area contributed by atoms with Crippen LogP contribution in [0.4, 0.5) is 17.3 Å². The zero-order valence-corrected chi connectivity index (χ0v) is 20.9. The summed E-state index contributed by atoms with van der Waals surface area (Å²) in [6.45, 7) is 4.20. The summed E-state index contributed by atoms with van der Waals surface area (Å²) in [5.74, 6) is 1.02. The molecule has 1 aliphatic rings. The maximum atomic E-state index is 12.0. The highest BCUT2D eigenvalue weighted by Crippen LogP contribution is 2.31. The third-order valence-electron chi connectivity index (χ3n) is 6.40. The summed E-state index contributed by atoms with van der Waals surface area (Å²) < 4.78 is 7.69. The van der Waals surface area contributed by atoms with Crippen LogP contribution in [0.2, 0.25) is 0 Å². The van der Waals surface area contributed by atoms with Crippen LogP contribution in [0.1, 0.15) is 0 Å². The Morgan fingerprint density at radius 3 is 2.50 bits per heavy atom. The lowest BCUT2D eigenvalue weighted by atomic mass is 10.1. The van der Waals surface area contributed by atoms with E-state index in [1.807, 2.05) is 40.9 Å². The molecule has 0 aliphatic carbocycles. The smallest absolute Gasteiger partial charge is 0.259 e. The van der Waals surface area contributed by atoms with E-state index >= 15 is 0 Å². The van der Waals surface area contributed by atoms with Crippen molar-refractivity contribution in [3.63, 3.8) is 0 Å². The molecule has 9 nitrogen and oxygen atoms in total. The molecule has 3 heterocycles. The molecule has 1 fully saturated rings. The van der Waals surface area contributed by atoms with Gasteiger partial charge < -0.3 is 24.8 Å². The second kappa shape index (κ2) is 10.2. The Kier molecular flexibility index (Phi) is 6.73. The summed E-state index contributed by atoms with van der Waals surface area (Å²) in [7, 11) is 5.59. The molecular formula is C27H31N7O2. The molecule has 1 saturated heterocycles. The summed E-state index contributed by atoms with van der Waals surface area (Å²) in [6.07, 6.45) is 1.79. The standard InChI is InChI=1S/C27H31N7O2/c1-31(2)26(35)19-36-25-7-5-4-6-23(25)24-13-12-22-18-28-27(30-34(22)24)29-20-8-10-21(11-9-20)33-16-14-32(3)15-17-33/h4-13,18H,14-17,19H2,1-3H3,(H,29,30). The van der Waals surface area contributed by atoms with E-state index in [0.29, 0.717) is 11.7 Å². The van der Waals surface area contributed by atoms with Gasteiger partial charge in [-0.05, 0) is 55.6 Å². The van der Waals surface area contributed by atoms with E-state index in [2.05, 4.69) is 51.4 Å². The first-order valence-corrected chi connectivity index (χ1v) is 12.1. The van der Waals surface area contributed by atoms with Crippen molar-refractivity contribution in [1.29, 1.82) is 0 Å². The zero-order chi connectivity index (χ0) is 25.1. The number of piperazine rings is 1. The largest absolute Gasteiger partial charge is 0.483 e. The van der Waals surface area contributed by atoms with Gasteiger partial charge in [0.25, 0.3) is 5.91 Å². The number of rotatable bonds is 7. The Labute approximate surface area is 210 Å². The third-order valence-corrected chi connectivity index (χ3v) is 6.40. The van der Waals surface area contributed by atoms with E-state index in [-0.39, 0.29) is 12.5 Å². The number of para-hydroxylation sites is 1. The molecule has 0 atom stereocenters. The predicted octanol–water partition coefficient (Wildman–Crippen LogP) is 3.36. The fourth-order valence-corrected chi connectivity index (χ4v) is 4.18. The van der Waals surface area contributed by atoms with Crippen molar-refractivity contribution in [1.82, 2.24) is 24.4 Å². The Morgan fingerprint density at radius 1 is 1.00 bits per heavy atom. The lowest BCUT2D eigenvalue weighted by Crippen LogP contribution is -2.44. The molecule has 0 bridgehead atoms. The molecule has 4 aromatic rings. The number of nitrogens with one attached hydrogen (secondary N) is 1. The van der Waals surface area contributed by atoms with Gasteiger partial charge in [0.2, 0.25) is 5.95 Å². The molecule has 0 radical (unpaired) electrons. The summed E-state index contributed by atoms with van der Waals surface area (Å²) in [6, 6.07) is 20.0. The number of likely N-dealkylation sites (N-methyl/N-ethyl adjacent to an activating group) is 2. The second-order valence-electron chi connectivity index (χ2n) is 9.17. The van der Waals surface area contributed by atoms with E-state index in [1.54, 1.807) is 20.3 Å². The van der Waals surface area contributed by atoms with Crippen LogP contribution in [0.3, 0.4) is 0 Å². The summed E-state index contributed by atoms with van der Waals surface area (Å²) >= 11 is 0. The number of aromatic nitrogens is 3. The van der Waals surface area contributed by atoms with Crippen LogP contribution in [0.25, 0.3) is 16.8 Å². The van der Waals surface area contributed by atoms with Crippen molar-refractivity contribution in [3.05, 3.63) is 66.9 Å². The Bertz CT molecular complexity index is 1340. The molecule has 5 rings (SSSR count). The van der Waals surface area contributed by atoms with Gasteiger partial charge in [0.1, 0.15) is 5.75 Å². The van der Waals surface area contributed by atoms with Gasteiger partial charge in [0.15, 0.2) is 6.61 Å². The van der Waals surface area contributed by atoms with Gasteiger partial charge in [-0.15, -0.1) is 5.10 Å². The van der Waals surface area contributed by atoms with Gasteiger partial charge in [0, 0.05) is 57.2 Å². The molecule has 0 spiro atoms. The van der Waals surface area contributed by atoms with Crippen molar-refractivity contribution in [3.8, 4) is 17.0 Å². The number of fused-ring (bicyclic) bond motifs is 1. The topological polar surface area (TPSA) is 78.2 Å². The number of amides is 1. The Hall–Kier alpha value is -4.11. The van der Waals surface area contributed by atoms with E-state index in [1.165, 1.54) is 10.6 Å². The normalized spacial score (nSPS) is 14.1. The van der Waals surface area contributed by atoms with Gasteiger partial charge in [0.05, 0.1) is 17.4 Å².